The van der Waals surface area contributed by atoms with E-state index in [1.54, 1.807) is 6.07 Å². The third-order valence-electron chi connectivity index (χ3n) is 6.15. The number of rotatable bonds is 9. The molecule has 0 unspecified atom stereocenters. The van der Waals surface area contributed by atoms with Gasteiger partial charge in [0.05, 0.1) is 5.69 Å². The number of carbonyl (C=O) groups excluding carboxylic acids is 1. The van der Waals surface area contributed by atoms with Crippen molar-refractivity contribution in [3.63, 3.8) is 0 Å². The Labute approximate surface area is 232 Å². The largest absolute Gasteiger partial charge is 0.336 e. The van der Waals surface area contributed by atoms with Gasteiger partial charge in [-0.15, -0.1) is 5.10 Å². The van der Waals surface area contributed by atoms with Crippen molar-refractivity contribution in [2.24, 2.45) is 5.92 Å². The van der Waals surface area contributed by atoms with E-state index in [4.69, 9.17) is 9.97 Å². The van der Waals surface area contributed by atoms with Crippen molar-refractivity contribution in [1.29, 1.82) is 0 Å². The summed E-state index contributed by atoms with van der Waals surface area (Å²) in [6.07, 6.45) is 0. The molecule has 5 rings (SSSR count). The highest BCUT2D eigenvalue weighted by Gasteiger charge is 2.19. The Morgan fingerprint density at radius 2 is 1.62 bits per heavy atom. The number of nitrogens with zero attached hydrogens (tertiary/aromatic N) is 6. The summed E-state index contributed by atoms with van der Waals surface area (Å²) in [5.41, 5.74) is 5.15. The molecular weight excluding hydrogens is 502 g/mol. The van der Waals surface area contributed by atoms with Crippen LogP contribution in [0, 0.1) is 12.8 Å². The molecule has 0 spiro atoms. The molecule has 40 heavy (non-hydrogen) atoms. The second kappa shape index (κ2) is 12.2. The molecule has 2 amide bonds. The number of benzene rings is 3. The molecule has 10 heteroatoms. The maximum absolute atomic E-state index is 13.0. The van der Waals surface area contributed by atoms with Crippen LogP contribution in [0.2, 0.25) is 0 Å². The predicted octanol–water partition coefficient (Wildman–Crippen LogP) is 5.94. The number of aromatic amines is 1. The lowest BCUT2D eigenvalue weighted by Crippen LogP contribution is -2.29. The summed E-state index contributed by atoms with van der Waals surface area (Å²) in [5, 5.41) is 20.2. The number of anilines is 3. The fourth-order valence-corrected chi connectivity index (χ4v) is 4.34. The van der Waals surface area contributed by atoms with Crippen LogP contribution in [0.25, 0.3) is 22.6 Å². The van der Waals surface area contributed by atoms with Crippen molar-refractivity contribution >= 4 is 23.5 Å². The Hall–Kier alpha value is -5.12. The first-order chi connectivity index (χ1) is 19.4. The van der Waals surface area contributed by atoms with E-state index in [9.17, 15) is 4.79 Å². The zero-order chi connectivity index (χ0) is 27.9. The molecule has 0 fully saturated rings. The zero-order valence-corrected chi connectivity index (χ0v) is 22.7. The van der Waals surface area contributed by atoms with E-state index in [0.717, 1.165) is 28.8 Å². The first kappa shape index (κ1) is 26.5. The molecule has 2 aromatic heterocycles. The van der Waals surface area contributed by atoms with Crippen LogP contribution in [0.5, 0.6) is 0 Å². The first-order valence-electron chi connectivity index (χ1n) is 13.1. The van der Waals surface area contributed by atoms with E-state index in [1.807, 2.05) is 73.7 Å². The molecule has 0 aliphatic carbocycles. The summed E-state index contributed by atoms with van der Waals surface area (Å²) in [5.74, 6) is 1.75. The Bertz CT molecular complexity index is 1550. The van der Waals surface area contributed by atoms with Gasteiger partial charge in [0.25, 0.3) is 0 Å². The Balaban J connectivity index is 1.55. The molecule has 0 saturated carbocycles. The molecule has 0 atom stereocenters. The third-order valence-corrected chi connectivity index (χ3v) is 6.15. The minimum absolute atomic E-state index is 0.352. The van der Waals surface area contributed by atoms with Crippen LogP contribution >= 0.6 is 0 Å². The van der Waals surface area contributed by atoms with Crippen molar-refractivity contribution in [3.8, 4) is 22.6 Å². The van der Waals surface area contributed by atoms with E-state index in [2.05, 4.69) is 62.1 Å². The average molecular weight is 534 g/mol. The van der Waals surface area contributed by atoms with Gasteiger partial charge in [0.2, 0.25) is 5.95 Å². The lowest BCUT2D eigenvalue weighted by molar-refractivity contribution is 0.262. The standard InChI is InChI=1S/C30H31N9O/c1-20(2)18-39(19-22-9-5-4-6-10-22)29-32-26(24-11-7-8-12-25(24)28-35-37-38-36-28)17-27(33-29)34-30(40)31-23-15-13-21(3)14-16-23/h4-17,20H,18-19H2,1-3H3,(H,35,36,37,38)(H2,31,32,33,34,40). The van der Waals surface area contributed by atoms with Crippen LogP contribution in [0.15, 0.2) is 84.9 Å². The van der Waals surface area contributed by atoms with Crippen LogP contribution in [-0.2, 0) is 6.54 Å². The van der Waals surface area contributed by atoms with Crippen LogP contribution in [0.1, 0.15) is 25.0 Å². The summed E-state index contributed by atoms with van der Waals surface area (Å²) >= 11 is 0. The minimum atomic E-state index is -0.398. The number of carbonyl (C=O) groups is 1. The van der Waals surface area contributed by atoms with Gasteiger partial charge in [-0.3, -0.25) is 5.32 Å². The van der Waals surface area contributed by atoms with Crippen LogP contribution < -0.4 is 15.5 Å². The number of urea groups is 1. The van der Waals surface area contributed by atoms with Gasteiger partial charge in [0.15, 0.2) is 5.82 Å². The summed E-state index contributed by atoms with van der Waals surface area (Å²) in [7, 11) is 0. The smallest absolute Gasteiger partial charge is 0.324 e. The Morgan fingerprint density at radius 3 is 2.33 bits per heavy atom. The van der Waals surface area contributed by atoms with Crippen molar-refractivity contribution in [1.82, 2.24) is 30.6 Å². The van der Waals surface area contributed by atoms with Crippen molar-refractivity contribution in [2.45, 2.75) is 27.3 Å². The van der Waals surface area contributed by atoms with Gasteiger partial charge in [0, 0.05) is 36.0 Å². The first-order valence-corrected chi connectivity index (χ1v) is 13.1. The summed E-state index contributed by atoms with van der Waals surface area (Å²) < 4.78 is 0. The van der Waals surface area contributed by atoms with Gasteiger partial charge >= 0.3 is 6.03 Å². The quantitative estimate of drug-likeness (QED) is 0.214. The number of hydrogen-bond acceptors (Lipinski definition) is 7. The molecule has 202 valence electrons. The van der Waals surface area contributed by atoms with Gasteiger partial charge in [-0.2, -0.15) is 4.98 Å². The fourth-order valence-electron chi connectivity index (χ4n) is 4.34. The van der Waals surface area contributed by atoms with Gasteiger partial charge in [-0.25, -0.2) is 14.9 Å². The van der Waals surface area contributed by atoms with E-state index < -0.39 is 6.03 Å². The molecule has 3 aromatic carbocycles. The van der Waals surface area contributed by atoms with Crippen molar-refractivity contribution in [2.75, 3.05) is 22.1 Å². The number of amides is 2. The average Bonchev–Trinajstić information content (AvgIpc) is 3.49. The van der Waals surface area contributed by atoms with Gasteiger partial charge in [0.1, 0.15) is 5.82 Å². The highest BCUT2D eigenvalue weighted by Crippen LogP contribution is 2.31. The maximum atomic E-state index is 13.0. The number of H-pyrrole nitrogens is 1. The molecule has 0 radical (unpaired) electrons. The topological polar surface area (TPSA) is 125 Å². The van der Waals surface area contributed by atoms with Gasteiger partial charge < -0.3 is 10.2 Å². The molecule has 10 nitrogen and oxygen atoms in total. The maximum Gasteiger partial charge on any atom is 0.324 e. The molecule has 2 heterocycles. The summed E-state index contributed by atoms with van der Waals surface area (Å²) in [4.78, 5) is 24.9. The zero-order valence-electron chi connectivity index (χ0n) is 22.7. The number of tetrazole rings is 1. The highest BCUT2D eigenvalue weighted by molar-refractivity contribution is 5.99. The molecule has 5 aromatic rings. The predicted molar refractivity (Wildman–Crippen MR) is 157 cm³/mol. The van der Waals surface area contributed by atoms with Crippen LogP contribution in [0.3, 0.4) is 0 Å². The molecule has 3 N–H and O–H groups in total. The number of hydrogen-bond donors (Lipinski definition) is 3. The van der Waals surface area contributed by atoms with Crippen molar-refractivity contribution in [3.05, 3.63) is 96.1 Å². The minimum Gasteiger partial charge on any atom is -0.336 e. The van der Waals surface area contributed by atoms with E-state index in [1.165, 1.54) is 0 Å². The molecule has 0 saturated heterocycles. The molecule has 0 bridgehead atoms. The molecular formula is C30H31N9O. The lowest BCUT2D eigenvalue weighted by Gasteiger charge is -2.26. The third kappa shape index (κ3) is 6.65. The van der Waals surface area contributed by atoms with E-state index in [0.29, 0.717) is 41.4 Å². The Kier molecular flexibility index (Phi) is 8.05. The summed E-state index contributed by atoms with van der Waals surface area (Å²) in [6, 6.07) is 26.9. The highest BCUT2D eigenvalue weighted by atomic mass is 16.2. The Morgan fingerprint density at radius 1 is 0.900 bits per heavy atom. The summed E-state index contributed by atoms with van der Waals surface area (Å²) in [6.45, 7) is 7.65. The van der Waals surface area contributed by atoms with Gasteiger partial charge in [-0.05, 0) is 41.0 Å². The van der Waals surface area contributed by atoms with Crippen LogP contribution in [0.4, 0.5) is 22.2 Å². The van der Waals surface area contributed by atoms with Crippen LogP contribution in [-0.4, -0.2) is 43.2 Å². The second-order valence-corrected chi connectivity index (χ2v) is 9.94. The number of aryl methyl sites for hydroxylation is 1. The van der Waals surface area contributed by atoms with E-state index in [-0.39, 0.29) is 0 Å². The molecule has 0 aliphatic heterocycles. The number of aromatic nitrogens is 6. The second-order valence-electron chi connectivity index (χ2n) is 9.94. The molecule has 0 aliphatic rings. The lowest BCUT2D eigenvalue weighted by atomic mass is 10.0. The SMILES string of the molecule is Cc1ccc(NC(=O)Nc2cc(-c3ccccc3-c3nnn[nH]3)nc(N(Cc3ccccc3)CC(C)C)n2)cc1. The van der Waals surface area contributed by atoms with E-state index >= 15 is 0 Å². The number of nitrogens with one attached hydrogen (secondary N) is 3. The fraction of sp³-hybridized carbons (Fsp3) is 0.200. The van der Waals surface area contributed by atoms with Crippen molar-refractivity contribution < 1.29 is 4.79 Å². The normalized spacial score (nSPS) is 10.9. The monoisotopic (exact) mass is 533 g/mol. The van der Waals surface area contributed by atoms with Gasteiger partial charge in [-0.1, -0.05) is 86.1 Å².